The van der Waals surface area contributed by atoms with Crippen molar-refractivity contribution >= 4 is 6.03 Å². The highest BCUT2D eigenvalue weighted by molar-refractivity contribution is 5.74. The third kappa shape index (κ3) is 5.96. The van der Waals surface area contributed by atoms with Gasteiger partial charge in [0.2, 0.25) is 0 Å². The second kappa shape index (κ2) is 9.36. The number of nitrogens with zero attached hydrogens (tertiary/aromatic N) is 5. The molecule has 2 amide bonds. The lowest BCUT2D eigenvalue weighted by molar-refractivity contribution is 0.132. The molecule has 8 nitrogen and oxygen atoms in total. The summed E-state index contributed by atoms with van der Waals surface area (Å²) in [6.07, 6.45) is 3.27. The first-order chi connectivity index (χ1) is 13.1. The van der Waals surface area contributed by atoms with Crippen LogP contribution in [0, 0.1) is 6.92 Å². The first kappa shape index (κ1) is 19.2. The smallest absolute Gasteiger partial charge is 0.317 e. The fourth-order valence-electron chi connectivity index (χ4n) is 2.97. The van der Waals surface area contributed by atoms with Crippen molar-refractivity contribution in [1.82, 2.24) is 29.9 Å². The van der Waals surface area contributed by atoms with E-state index in [1.807, 2.05) is 47.7 Å². The molecule has 1 N–H and O–H groups in total. The van der Waals surface area contributed by atoms with Crippen LogP contribution in [0.4, 0.5) is 4.79 Å². The van der Waals surface area contributed by atoms with Gasteiger partial charge in [0.15, 0.2) is 0 Å². The third-order valence-corrected chi connectivity index (χ3v) is 4.66. The first-order valence-corrected chi connectivity index (χ1v) is 9.40. The van der Waals surface area contributed by atoms with Crippen molar-refractivity contribution in [2.45, 2.75) is 26.4 Å². The Bertz CT molecular complexity index is 695. The third-order valence-electron chi connectivity index (χ3n) is 4.66. The molecule has 0 bridgehead atoms. The summed E-state index contributed by atoms with van der Waals surface area (Å²) in [5, 5.41) is 7.13. The van der Waals surface area contributed by atoms with Crippen LogP contribution in [0.1, 0.15) is 12.5 Å². The Hall–Kier alpha value is -2.61. The molecule has 0 unspecified atom stereocenters. The Morgan fingerprint density at radius 1 is 1.19 bits per heavy atom. The van der Waals surface area contributed by atoms with E-state index in [0.29, 0.717) is 6.61 Å². The molecule has 2 aromatic rings. The quantitative estimate of drug-likeness (QED) is 0.795. The highest BCUT2D eigenvalue weighted by atomic mass is 16.5. The number of aromatic nitrogens is 3. The molecule has 8 heteroatoms. The minimum atomic E-state index is -0.0517. The number of piperazine rings is 1. The molecule has 1 fully saturated rings. The summed E-state index contributed by atoms with van der Waals surface area (Å²) < 4.78 is 7.57. The van der Waals surface area contributed by atoms with Gasteiger partial charge < -0.3 is 15.0 Å². The molecule has 1 aromatic heterocycles. The van der Waals surface area contributed by atoms with E-state index in [-0.39, 0.29) is 12.1 Å². The van der Waals surface area contributed by atoms with Gasteiger partial charge in [-0.2, -0.15) is 5.10 Å². The standard InChI is InChI=1S/C19H28N6O2/c1-16-3-5-18(6-4-16)27-13-17(2)22-19(26)24-10-7-23(8-11-24)9-12-25-15-20-14-21-25/h3-6,14-15,17H,7-13H2,1-2H3,(H,22,26)/t17-/m0/s1. The van der Waals surface area contributed by atoms with Gasteiger partial charge in [0.05, 0.1) is 12.6 Å². The number of aryl methyl sites for hydroxylation is 1. The molecule has 1 saturated heterocycles. The number of ether oxygens (including phenoxy) is 1. The number of rotatable bonds is 7. The van der Waals surface area contributed by atoms with Crippen LogP contribution in [0.3, 0.4) is 0 Å². The molecule has 1 aliphatic heterocycles. The van der Waals surface area contributed by atoms with E-state index in [1.165, 1.54) is 5.56 Å². The summed E-state index contributed by atoms with van der Waals surface area (Å²) in [5.74, 6) is 0.822. The number of hydrogen-bond acceptors (Lipinski definition) is 5. The average molecular weight is 372 g/mol. The molecule has 1 aliphatic rings. The number of carbonyl (C=O) groups is 1. The van der Waals surface area contributed by atoms with Gasteiger partial charge in [0.1, 0.15) is 25.0 Å². The van der Waals surface area contributed by atoms with E-state index in [0.717, 1.165) is 45.0 Å². The number of nitrogens with one attached hydrogen (secondary N) is 1. The van der Waals surface area contributed by atoms with Crippen molar-refractivity contribution < 1.29 is 9.53 Å². The Kier molecular flexibility index (Phi) is 6.64. The molecular formula is C19H28N6O2. The summed E-state index contributed by atoms with van der Waals surface area (Å²) >= 11 is 0. The van der Waals surface area contributed by atoms with Gasteiger partial charge in [0.25, 0.3) is 0 Å². The van der Waals surface area contributed by atoms with Crippen molar-refractivity contribution in [3.63, 3.8) is 0 Å². The van der Waals surface area contributed by atoms with Gasteiger partial charge in [-0.25, -0.2) is 9.78 Å². The SMILES string of the molecule is Cc1ccc(OC[C@H](C)NC(=O)N2CCN(CCn3cncn3)CC2)cc1. The van der Waals surface area contributed by atoms with E-state index >= 15 is 0 Å². The van der Waals surface area contributed by atoms with Gasteiger partial charge in [-0.1, -0.05) is 17.7 Å². The van der Waals surface area contributed by atoms with Gasteiger partial charge in [-0.3, -0.25) is 9.58 Å². The maximum atomic E-state index is 12.4. The Morgan fingerprint density at radius 3 is 2.59 bits per heavy atom. The van der Waals surface area contributed by atoms with Crippen LogP contribution in [0.15, 0.2) is 36.9 Å². The van der Waals surface area contributed by atoms with Crippen molar-refractivity contribution in [1.29, 1.82) is 0 Å². The van der Waals surface area contributed by atoms with E-state index in [4.69, 9.17) is 4.74 Å². The number of amides is 2. The fraction of sp³-hybridized carbons (Fsp3) is 0.526. The highest BCUT2D eigenvalue weighted by Gasteiger charge is 2.22. The Labute approximate surface area is 160 Å². The maximum absolute atomic E-state index is 12.4. The zero-order valence-corrected chi connectivity index (χ0v) is 16.0. The molecule has 146 valence electrons. The number of benzene rings is 1. The van der Waals surface area contributed by atoms with Gasteiger partial charge in [-0.05, 0) is 26.0 Å². The molecule has 0 aliphatic carbocycles. The summed E-state index contributed by atoms with van der Waals surface area (Å²) in [6.45, 7) is 9.39. The monoisotopic (exact) mass is 372 g/mol. The second-order valence-corrected chi connectivity index (χ2v) is 6.96. The largest absolute Gasteiger partial charge is 0.491 e. The van der Waals surface area contributed by atoms with Crippen molar-refractivity contribution in [3.8, 4) is 5.75 Å². The Balaban J connectivity index is 1.34. The molecule has 0 spiro atoms. The summed E-state index contributed by atoms with van der Waals surface area (Å²) in [4.78, 5) is 20.6. The summed E-state index contributed by atoms with van der Waals surface area (Å²) in [6, 6.07) is 7.85. The number of carbonyl (C=O) groups excluding carboxylic acids is 1. The molecule has 1 aromatic carbocycles. The highest BCUT2D eigenvalue weighted by Crippen LogP contribution is 2.11. The lowest BCUT2D eigenvalue weighted by Gasteiger charge is -2.35. The van der Waals surface area contributed by atoms with E-state index in [1.54, 1.807) is 12.7 Å². The van der Waals surface area contributed by atoms with E-state index in [9.17, 15) is 4.79 Å². The van der Waals surface area contributed by atoms with Crippen LogP contribution in [0.2, 0.25) is 0 Å². The van der Waals surface area contributed by atoms with Crippen LogP contribution >= 0.6 is 0 Å². The van der Waals surface area contributed by atoms with Crippen molar-refractivity contribution in [2.75, 3.05) is 39.3 Å². The maximum Gasteiger partial charge on any atom is 0.317 e. The molecule has 0 saturated carbocycles. The molecule has 0 radical (unpaired) electrons. The average Bonchev–Trinajstić information content (AvgIpc) is 3.20. The first-order valence-electron chi connectivity index (χ1n) is 9.40. The second-order valence-electron chi connectivity index (χ2n) is 6.96. The number of hydrogen-bond donors (Lipinski definition) is 1. The minimum absolute atomic E-state index is 0.0223. The lowest BCUT2D eigenvalue weighted by atomic mass is 10.2. The van der Waals surface area contributed by atoms with Crippen molar-refractivity contribution in [2.24, 2.45) is 0 Å². The molecular weight excluding hydrogens is 344 g/mol. The zero-order valence-electron chi connectivity index (χ0n) is 16.0. The van der Waals surface area contributed by atoms with Crippen LogP contribution in [-0.2, 0) is 6.54 Å². The summed E-state index contributed by atoms with van der Waals surface area (Å²) in [7, 11) is 0. The van der Waals surface area contributed by atoms with Gasteiger partial charge in [-0.15, -0.1) is 0 Å². The van der Waals surface area contributed by atoms with E-state index in [2.05, 4.69) is 20.3 Å². The normalized spacial score (nSPS) is 16.1. The molecule has 3 rings (SSSR count). The number of urea groups is 1. The zero-order chi connectivity index (χ0) is 19.1. The van der Waals surface area contributed by atoms with Crippen LogP contribution < -0.4 is 10.1 Å². The molecule has 27 heavy (non-hydrogen) atoms. The lowest BCUT2D eigenvalue weighted by Crippen LogP contribution is -2.54. The van der Waals surface area contributed by atoms with Crippen LogP contribution in [-0.4, -0.2) is 76.0 Å². The topological polar surface area (TPSA) is 75.5 Å². The molecule has 1 atom stereocenters. The Morgan fingerprint density at radius 2 is 1.93 bits per heavy atom. The van der Waals surface area contributed by atoms with Gasteiger partial charge >= 0.3 is 6.03 Å². The van der Waals surface area contributed by atoms with Gasteiger partial charge in [0, 0.05) is 32.7 Å². The van der Waals surface area contributed by atoms with Crippen molar-refractivity contribution in [3.05, 3.63) is 42.5 Å². The van der Waals surface area contributed by atoms with E-state index < -0.39 is 0 Å². The fourth-order valence-corrected chi connectivity index (χ4v) is 2.97. The summed E-state index contributed by atoms with van der Waals surface area (Å²) in [5.41, 5.74) is 1.20. The minimum Gasteiger partial charge on any atom is -0.491 e. The van der Waals surface area contributed by atoms with Crippen LogP contribution in [0.25, 0.3) is 0 Å². The predicted octanol–water partition coefficient (Wildman–Crippen LogP) is 1.38. The molecule has 2 heterocycles. The predicted molar refractivity (Wildman–Crippen MR) is 103 cm³/mol. The van der Waals surface area contributed by atoms with Crippen LogP contribution in [0.5, 0.6) is 5.75 Å².